The van der Waals surface area contributed by atoms with E-state index in [1.54, 1.807) is 6.07 Å². The molecule has 1 saturated heterocycles. The Morgan fingerprint density at radius 3 is 2.87 bits per heavy atom. The smallest absolute Gasteiger partial charge is 0.138 e. The molecule has 82 valence electrons. The highest BCUT2D eigenvalue weighted by Crippen LogP contribution is 2.37. The molecule has 15 heavy (non-hydrogen) atoms. The third-order valence-electron chi connectivity index (χ3n) is 2.97. The summed E-state index contributed by atoms with van der Waals surface area (Å²) in [7, 11) is 0. The number of hydrogen-bond acceptors (Lipinski definition) is 1. The first-order valence-corrected chi connectivity index (χ1v) is 6.10. The normalized spacial score (nSPS) is 25.9. The first kappa shape index (κ1) is 11.4. The van der Waals surface area contributed by atoms with Crippen LogP contribution in [-0.2, 0) is 5.54 Å². The van der Waals surface area contributed by atoms with E-state index in [2.05, 4.69) is 28.2 Å². The number of nitrogens with one attached hydrogen (secondary N) is 1. The van der Waals surface area contributed by atoms with Gasteiger partial charge in [0.2, 0.25) is 0 Å². The summed E-state index contributed by atoms with van der Waals surface area (Å²) in [6.07, 6.45) is 2.16. The van der Waals surface area contributed by atoms with Gasteiger partial charge >= 0.3 is 0 Å². The molecule has 0 aromatic heterocycles. The van der Waals surface area contributed by atoms with Gasteiger partial charge in [0.25, 0.3) is 0 Å². The predicted molar refractivity (Wildman–Crippen MR) is 63.7 cm³/mol. The van der Waals surface area contributed by atoms with E-state index in [1.165, 1.54) is 6.07 Å². The minimum Gasteiger partial charge on any atom is -0.308 e. The molecule has 1 aliphatic heterocycles. The van der Waals surface area contributed by atoms with E-state index in [0.29, 0.717) is 9.50 Å². The van der Waals surface area contributed by atoms with Crippen molar-refractivity contribution in [2.24, 2.45) is 0 Å². The Hall–Kier alpha value is -0.120. The summed E-state index contributed by atoms with van der Waals surface area (Å²) in [6, 6.07) is 3.14. The highest BCUT2D eigenvalue weighted by molar-refractivity contribution is 9.10. The molecule has 2 rings (SSSR count). The predicted octanol–water partition coefficient (Wildman–Crippen LogP) is 3.84. The summed E-state index contributed by atoms with van der Waals surface area (Å²) in [5.74, 6) is -0.314. The zero-order valence-corrected chi connectivity index (χ0v) is 10.8. The van der Waals surface area contributed by atoms with Crippen LogP contribution in [0.1, 0.15) is 25.3 Å². The van der Waals surface area contributed by atoms with Gasteiger partial charge in [-0.15, -0.1) is 0 Å². The molecular weight excluding hydrogens is 280 g/mol. The van der Waals surface area contributed by atoms with Crippen LogP contribution in [0, 0.1) is 5.82 Å². The molecule has 0 amide bonds. The Morgan fingerprint density at radius 1 is 1.53 bits per heavy atom. The molecule has 0 aliphatic carbocycles. The van der Waals surface area contributed by atoms with Crippen molar-refractivity contribution in [3.05, 3.63) is 33.0 Å². The summed E-state index contributed by atoms with van der Waals surface area (Å²) in [5.41, 5.74) is 0.850. The maximum atomic E-state index is 13.2. The Morgan fingerprint density at radius 2 is 2.27 bits per heavy atom. The van der Waals surface area contributed by atoms with E-state index in [9.17, 15) is 4.39 Å². The molecule has 1 N–H and O–H groups in total. The van der Waals surface area contributed by atoms with E-state index in [1.807, 2.05) is 0 Å². The average Bonchev–Trinajstić information content (AvgIpc) is 2.60. The van der Waals surface area contributed by atoms with E-state index in [4.69, 9.17) is 11.6 Å². The first-order chi connectivity index (χ1) is 7.03. The maximum Gasteiger partial charge on any atom is 0.138 e. The van der Waals surface area contributed by atoms with Crippen LogP contribution in [0.5, 0.6) is 0 Å². The van der Waals surface area contributed by atoms with Crippen molar-refractivity contribution < 1.29 is 4.39 Å². The molecule has 1 nitrogen and oxygen atoms in total. The van der Waals surface area contributed by atoms with Crippen molar-refractivity contribution in [1.82, 2.24) is 5.32 Å². The number of hydrogen-bond donors (Lipinski definition) is 1. The van der Waals surface area contributed by atoms with Gasteiger partial charge in [-0.25, -0.2) is 4.39 Å². The van der Waals surface area contributed by atoms with Crippen LogP contribution < -0.4 is 5.32 Å². The van der Waals surface area contributed by atoms with Crippen molar-refractivity contribution in [1.29, 1.82) is 0 Å². The Kier molecular flexibility index (Phi) is 3.06. The fourth-order valence-corrected chi connectivity index (χ4v) is 2.77. The van der Waals surface area contributed by atoms with Gasteiger partial charge in [-0.3, -0.25) is 0 Å². The lowest BCUT2D eigenvalue weighted by Gasteiger charge is -2.26. The molecule has 0 radical (unpaired) electrons. The lowest BCUT2D eigenvalue weighted by Crippen LogP contribution is -2.33. The van der Waals surface area contributed by atoms with Crippen molar-refractivity contribution in [2.45, 2.75) is 25.3 Å². The summed E-state index contributed by atoms with van der Waals surface area (Å²) in [6.45, 7) is 3.09. The molecule has 1 fully saturated rings. The Bertz CT molecular complexity index is 388. The molecule has 1 aromatic carbocycles. The van der Waals surface area contributed by atoms with Gasteiger partial charge in [0, 0.05) is 10.6 Å². The number of halogens is 3. The lowest BCUT2D eigenvalue weighted by molar-refractivity contribution is 0.433. The largest absolute Gasteiger partial charge is 0.308 e. The minimum atomic E-state index is -0.314. The molecule has 1 heterocycles. The van der Waals surface area contributed by atoms with Crippen LogP contribution in [-0.4, -0.2) is 6.54 Å². The zero-order valence-electron chi connectivity index (χ0n) is 8.41. The van der Waals surface area contributed by atoms with Gasteiger partial charge < -0.3 is 5.32 Å². The molecule has 1 atom stereocenters. The topological polar surface area (TPSA) is 12.0 Å². The van der Waals surface area contributed by atoms with Gasteiger partial charge in [-0.05, 0) is 59.9 Å². The van der Waals surface area contributed by atoms with E-state index in [0.717, 1.165) is 24.9 Å². The molecule has 1 aromatic rings. The quantitative estimate of drug-likeness (QED) is 0.776. The molecule has 0 bridgehead atoms. The number of rotatable bonds is 1. The van der Waals surface area contributed by atoms with Gasteiger partial charge in [-0.2, -0.15) is 0 Å². The fourth-order valence-electron chi connectivity index (χ4n) is 2.07. The van der Waals surface area contributed by atoms with Crippen LogP contribution >= 0.6 is 27.5 Å². The van der Waals surface area contributed by atoms with Crippen molar-refractivity contribution >= 4 is 27.5 Å². The minimum absolute atomic E-state index is 0.118. The van der Waals surface area contributed by atoms with Gasteiger partial charge in [0.1, 0.15) is 5.82 Å². The second kappa shape index (κ2) is 4.04. The van der Waals surface area contributed by atoms with Gasteiger partial charge in [-0.1, -0.05) is 11.6 Å². The highest BCUT2D eigenvalue weighted by Gasteiger charge is 2.32. The zero-order chi connectivity index (χ0) is 11.1. The van der Waals surface area contributed by atoms with Crippen LogP contribution in [0.25, 0.3) is 0 Å². The second-order valence-corrected chi connectivity index (χ2v) is 5.37. The van der Waals surface area contributed by atoms with Gasteiger partial charge in [0.15, 0.2) is 0 Å². The second-order valence-electron chi connectivity index (χ2n) is 4.11. The van der Waals surface area contributed by atoms with Crippen molar-refractivity contribution in [2.75, 3.05) is 6.54 Å². The Balaban J connectivity index is 2.48. The summed E-state index contributed by atoms with van der Waals surface area (Å²) < 4.78 is 13.7. The highest BCUT2D eigenvalue weighted by atomic mass is 79.9. The van der Waals surface area contributed by atoms with E-state index in [-0.39, 0.29) is 11.4 Å². The molecule has 4 heteroatoms. The monoisotopic (exact) mass is 291 g/mol. The summed E-state index contributed by atoms with van der Waals surface area (Å²) >= 11 is 9.26. The molecule has 1 unspecified atom stereocenters. The molecule has 0 saturated carbocycles. The summed E-state index contributed by atoms with van der Waals surface area (Å²) in [5, 5.41) is 3.90. The Labute approximate surface area is 102 Å². The van der Waals surface area contributed by atoms with Gasteiger partial charge in [0.05, 0.1) is 4.47 Å². The molecular formula is C11H12BrClFN. The fraction of sp³-hybridized carbons (Fsp3) is 0.455. The van der Waals surface area contributed by atoms with Crippen LogP contribution in [0.15, 0.2) is 16.6 Å². The molecule has 0 spiro atoms. The lowest BCUT2D eigenvalue weighted by atomic mass is 9.90. The van der Waals surface area contributed by atoms with Crippen LogP contribution in [0.4, 0.5) is 4.39 Å². The maximum absolute atomic E-state index is 13.2. The average molecular weight is 293 g/mol. The van der Waals surface area contributed by atoms with Crippen molar-refractivity contribution in [3.8, 4) is 0 Å². The third kappa shape index (κ3) is 2.05. The van der Waals surface area contributed by atoms with Crippen LogP contribution in [0.2, 0.25) is 5.02 Å². The SMILES string of the molecule is CC1(c2cc(Br)c(F)cc2Cl)CCCN1. The summed E-state index contributed by atoms with van der Waals surface area (Å²) in [4.78, 5) is 0. The standard InChI is InChI=1S/C11H12BrClFN/c1-11(3-2-4-15-11)7-5-8(12)10(14)6-9(7)13/h5-6,15H,2-4H2,1H3. The van der Waals surface area contributed by atoms with Crippen molar-refractivity contribution in [3.63, 3.8) is 0 Å². The van der Waals surface area contributed by atoms with E-state index >= 15 is 0 Å². The third-order valence-corrected chi connectivity index (χ3v) is 3.89. The molecule has 1 aliphatic rings. The van der Waals surface area contributed by atoms with E-state index < -0.39 is 0 Å². The number of benzene rings is 1. The van der Waals surface area contributed by atoms with Crippen LogP contribution in [0.3, 0.4) is 0 Å². The first-order valence-electron chi connectivity index (χ1n) is 4.93.